The van der Waals surface area contributed by atoms with Crippen LogP contribution in [-0.4, -0.2) is 33.7 Å². The maximum absolute atomic E-state index is 4.72. The van der Waals surface area contributed by atoms with Gasteiger partial charge in [-0.2, -0.15) is 0 Å². The Labute approximate surface area is 134 Å². The molecule has 1 aliphatic heterocycles. The Bertz CT molecular complexity index is 202. The quantitative estimate of drug-likeness (QED) is 0.346. The first-order valence-corrected chi connectivity index (χ1v) is 9.19. The van der Waals surface area contributed by atoms with Gasteiger partial charge in [-0.3, -0.25) is 0 Å². The van der Waals surface area contributed by atoms with Crippen LogP contribution in [0.5, 0.6) is 0 Å². The third-order valence-electron chi connectivity index (χ3n) is 2.56. The fourth-order valence-electron chi connectivity index (χ4n) is 2.32. The molecule has 17 heavy (non-hydrogen) atoms. The summed E-state index contributed by atoms with van der Waals surface area (Å²) < 4.78 is 0.829. The fourth-order valence-corrected chi connectivity index (χ4v) is 7.20. The van der Waals surface area contributed by atoms with Crippen molar-refractivity contribution in [2.24, 2.45) is 4.99 Å². The van der Waals surface area contributed by atoms with Crippen LogP contribution in [0.4, 0.5) is 0 Å². The zero-order valence-corrected chi connectivity index (χ0v) is 16.5. The molecule has 0 aliphatic carbocycles. The third-order valence-corrected chi connectivity index (χ3v) is 7.80. The van der Waals surface area contributed by atoms with E-state index in [2.05, 4.69) is 46.5 Å². The molecule has 0 amide bonds. The number of aliphatic imine (C=N–C) groups is 1. The minimum absolute atomic E-state index is 0. The van der Waals surface area contributed by atoms with E-state index in [9.17, 15) is 0 Å². The molecule has 0 radical (unpaired) electrons. The van der Waals surface area contributed by atoms with E-state index in [1.165, 1.54) is 0 Å². The van der Waals surface area contributed by atoms with E-state index in [-0.39, 0.29) is 30.3 Å². The predicted octanol–water partition coefficient (Wildman–Crippen LogP) is 4.06. The summed E-state index contributed by atoms with van der Waals surface area (Å²) >= 11 is 6.38. The molecule has 0 spiro atoms. The van der Waals surface area contributed by atoms with Gasteiger partial charge in [0.2, 0.25) is 0 Å². The molecule has 5 heteroatoms. The van der Waals surface area contributed by atoms with Crippen LogP contribution in [0.25, 0.3) is 0 Å². The minimum atomic E-state index is -0.0957. The van der Waals surface area contributed by atoms with Crippen molar-refractivity contribution >= 4 is 36.7 Å². The Morgan fingerprint density at radius 1 is 1.06 bits per heavy atom. The summed E-state index contributed by atoms with van der Waals surface area (Å²) in [6.45, 7) is 15.2. The van der Waals surface area contributed by atoms with E-state index in [1.54, 1.807) is 11.8 Å². The van der Waals surface area contributed by atoms with Gasteiger partial charge in [0.15, 0.2) is 0 Å². The van der Waals surface area contributed by atoms with Crippen molar-refractivity contribution in [3.05, 3.63) is 0 Å². The molecule has 0 saturated carbocycles. The summed E-state index contributed by atoms with van der Waals surface area (Å²) in [5.74, 6) is 1.10. The molecular weight excluding hydrogens is 450 g/mol. The van der Waals surface area contributed by atoms with Gasteiger partial charge in [0.05, 0.1) is 17.0 Å². The van der Waals surface area contributed by atoms with Gasteiger partial charge >= 0.3 is 22.4 Å². The van der Waals surface area contributed by atoms with Crippen molar-refractivity contribution in [1.29, 1.82) is 0 Å². The smallest absolute Gasteiger partial charge is 0.754 e. The Hall–Kier alpha value is 1.41. The number of thioether (sulfide) groups is 1. The summed E-state index contributed by atoms with van der Waals surface area (Å²) in [4.78, 5) is 3.93. The number of hydrogen-bond donors (Lipinski definition) is 0. The van der Waals surface area contributed by atoms with E-state index in [4.69, 9.17) is 12.6 Å². The zero-order valence-electron chi connectivity index (χ0n) is 11.7. The van der Waals surface area contributed by atoms with Crippen LogP contribution in [0.2, 0.25) is 0 Å². The average Bonchev–Trinajstić information content (AvgIpc) is 2.54. The number of nitrogens with zero attached hydrogens (tertiary/aromatic N) is 1. The predicted molar refractivity (Wildman–Crippen MR) is 85.8 cm³/mol. The molecule has 1 rings (SSSR count). The first kappa shape index (κ1) is 20.7. The van der Waals surface area contributed by atoms with E-state index in [1.807, 2.05) is 0 Å². The monoisotopic (exact) mass is 476 g/mol. The van der Waals surface area contributed by atoms with Gasteiger partial charge in [-0.15, -0.1) is 11.8 Å². The summed E-state index contributed by atoms with van der Waals surface area (Å²) in [6.07, 6.45) is 0. The third kappa shape index (κ3) is 9.92. The van der Waals surface area contributed by atoms with Crippen LogP contribution in [-0.2, 0) is 35.0 Å². The summed E-state index contributed by atoms with van der Waals surface area (Å²) in [6, 6.07) is 0. The normalized spacial score (nSPS) is 14.8. The molecule has 1 nitrogen and oxygen atoms in total. The van der Waals surface area contributed by atoms with Crippen molar-refractivity contribution in [1.82, 2.24) is 0 Å². The molecule has 0 aromatic carbocycles. The Kier molecular flexibility index (Phi) is 13.7. The van der Waals surface area contributed by atoms with Gasteiger partial charge in [-0.1, -0.05) is 4.38 Å². The Morgan fingerprint density at radius 3 is 1.53 bits per heavy atom. The van der Waals surface area contributed by atoms with Crippen LogP contribution < -0.4 is 0 Å². The van der Waals surface area contributed by atoms with Crippen molar-refractivity contribution in [3.63, 3.8) is 0 Å². The molecule has 0 aromatic heterocycles. The molecule has 0 bridgehead atoms. The topological polar surface area (TPSA) is 12.4 Å². The Morgan fingerprint density at radius 2 is 1.47 bits per heavy atom. The molecule has 0 N–H and O–H groups in total. The average molecular weight is 476 g/mol. The number of hydrogen-bond acceptors (Lipinski definition) is 3. The van der Waals surface area contributed by atoms with Crippen LogP contribution in [0.15, 0.2) is 4.99 Å². The largest absolute Gasteiger partial charge is 1.00 e. The second-order valence-electron chi connectivity index (χ2n) is 4.96. The second-order valence-corrected chi connectivity index (χ2v) is 11.2. The van der Waals surface area contributed by atoms with Gasteiger partial charge in [0.25, 0.3) is 0 Å². The van der Waals surface area contributed by atoms with Crippen LogP contribution in [0.1, 0.15) is 41.5 Å². The van der Waals surface area contributed by atoms with E-state index in [0.717, 1.165) is 33.7 Å². The number of rotatable bonds is 3. The molecule has 0 fully saturated rings. The van der Waals surface area contributed by atoms with Crippen LogP contribution in [0.3, 0.4) is 0 Å². The molecule has 1 aliphatic rings. The summed E-state index contributed by atoms with van der Waals surface area (Å²) in [7, 11) is -0.0957. The van der Waals surface area contributed by atoms with Crippen molar-refractivity contribution < 1.29 is 22.4 Å². The van der Waals surface area contributed by atoms with Gasteiger partial charge in [-0.25, -0.2) is 0 Å². The summed E-state index contributed by atoms with van der Waals surface area (Å²) in [5.41, 5.74) is 2.81. The molecule has 1 heterocycles. The first-order valence-electron chi connectivity index (χ1n) is 6.07. The molecule has 0 unspecified atom stereocenters. The summed E-state index contributed by atoms with van der Waals surface area (Å²) in [5, 5.41) is 0. The molecule has 0 atom stereocenters. The molecule has 106 valence electrons. The fraction of sp³-hybridized carbons (Fsp3) is 0.917. The minimum Gasteiger partial charge on any atom is -0.754 e. The van der Waals surface area contributed by atoms with E-state index in [0.29, 0.717) is 0 Å². The van der Waals surface area contributed by atoms with Gasteiger partial charge in [0, 0.05) is 20.2 Å². The van der Waals surface area contributed by atoms with Gasteiger partial charge < -0.3 is 17.6 Å². The maximum Gasteiger partial charge on any atom is 1.00 e. The van der Waals surface area contributed by atoms with Crippen molar-refractivity contribution in [2.75, 3.05) is 12.3 Å². The van der Waals surface area contributed by atoms with Gasteiger partial charge in [0.1, 0.15) is 0 Å². The second kappa shape index (κ2) is 11.3. The SMILES string of the molecule is CC(C)[PH+](C(C)C)C(C)C.[Au+].[S-]C1=NCCS1. The Balaban J connectivity index is 0. The standard InChI is InChI=1S/C9H21P.C3H5NS2.Au/c1-7(2)10(8(3)4)9(5)6;5-3-4-1-2-6-3;/h7-9H,1-6H3;1-2H2,(H,4,5);/q;;+1. The first-order chi connectivity index (χ1) is 7.36. The molecule has 0 aromatic rings. The van der Waals surface area contributed by atoms with Crippen LogP contribution in [0, 0.1) is 0 Å². The zero-order chi connectivity index (χ0) is 12.7. The van der Waals surface area contributed by atoms with Crippen molar-refractivity contribution in [3.8, 4) is 0 Å². The van der Waals surface area contributed by atoms with Crippen LogP contribution >= 0.6 is 19.7 Å². The van der Waals surface area contributed by atoms with E-state index < -0.39 is 0 Å². The van der Waals surface area contributed by atoms with E-state index >= 15 is 0 Å². The molecular formula is C12H26AuNPS2+. The van der Waals surface area contributed by atoms with Gasteiger partial charge in [-0.05, 0) is 41.5 Å². The maximum atomic E-state index is 4.72. The van der Waals surface area contributed by atoms with Crippen molar-refractivity contribution in [2.45, 2.75) is 58.5 Å². The molecule has 0 saturated heterocycles.